The Hall–Kier alpha value is -2.28. The molecule has 2 aromatic carbocycles. The van der Waals surface area contributed by atoms with Gasteiger partial charge >= 0.3 is 12.1 Å². The summed E-state index contributed by atoms with van der Waals surface area (Å²) in [6.45, 7) is 3.61. The Morgan fingerprint density at radius 3 is 2.58 bits per heavy atom. The van der Waals surface area contributed by atoms with Gasteiger partial charge < -0.3 is 15.2 Å². The molecule has 180 valence electrons. The predicted octanol–water partition coefficient (Wildman–Crippen LogP) is 6.20. The van der Waals surface area contributed by atoms with Crippen LogP contribution in [0.5, 0.6) is 5.75 Å². The zero-order valence-corrected chi connectivity index (χ0v) is 19.0. The van der Waals surface area contributed by atoms with Gasteiger partial charge in [-0.1, -0.05) is 31.2 Å². The zero-order valence-electron chi connectivity index (χ0n) is 19.0. The van der Waals surface area contributed by atoms with Crippen LogP contribution in [0.4, 0.5) is 13.2 Å². The number of nitrogens with one attached hydrogen (secondary N) is 1. The van der Waals surface area contributed by atoms with Crippen molar-refractivity contribution in [3.8, 4) is 5.75 Å². The average molecular weight is 464 g/mol. The van der Waals surface area contributed by atoms with E-state index in [2.05, 4.69) is 12.2 Å². The first-order valence-corrected chi connectivity index (χ1v) is 11.9. The fourth-order valence-electron chi connectivity index (χ4n) is 5.54. The van der Waals surface area contributed by atoms with Crippen LogP contribution in [0.15, 0.2) is 30.3 Å². The smallest absolute Gasteiger partial charge is 0.420 e. The van der Waals surface area contributed by atoms with E-state index in [0.29, 0.717) is 24.3 Å². The lowest BCUT2D eigenvalue weighted by molar-refractivity contribution is -0.140. The molecule has 0 radical (unpaired) electrons. The minimum absolute atomic E-state index is 0.0403. The van der Waals surface area contributed by atoms with Crippen LogP contribution in [0.3, 0.4) is 0 Å². The topological polar surface area (TPSA) is 58.6 Å². The quantitative estimate of drug-likeness (QED) is 0.535. The van der Waals surface area contributed by atoms with Gasteiger partial charge in [0.2, 0.25) is 0 Å². The summed E-state index contributed by atoms with van der Waals surface area (Å²) in [4.78, 5) is 11.5. The average Bonchev–Trinajstić information content (AvgIpc) is 2.74. The molecule has 2 N–H and O–H groups in total. The minimum Gasteiger partial charge on any atom is -0.490 e. The molecule has 1 atom stereocenters. The third kappa shape index (κ3) is 5.62. The summed E-state index contributed by atoms with van der Waals surface area (Å²) >= 11 is 0. The number of fused-ring (bicyclic) bond motifs is 1. The Bertz CT molecular complexity index is 990. The Labute approximate surface area is 192 Å². The third-order valence-corrected chi connectivity index (χ3v) is 7.25. The number of carboxylic acid groups (broad SMARTS) is 1. The van der Waals surface area contributed by atoms with Crippen LogP contribution in [0, 0.1) is 11.3 Å². The summed E-state index contributed by atoms with van der Waals surface area (Å²) in [5.41, 5.74) is -0.286. The Morgan fingerprint density at radius 1 is 1.18 bits per heavy atom. The standard InChI is InChI=1S/C26H32F3NO3/c1-17-3-7-20(8-4-17)33-22-10-6-19-13-18(5-9-21(19)24(22)26(27,28)29)14-25(15-23(31)32)11-2-12-30-16-25/h5-6,9-10,13,17,20,30H,2-4,7-8,11-12,14-16H2,1H3,(H,31,32)/t17-,20+,25-/m1/s1. The lowest BCUT2D eigenvalue weighted by Crippen LogP contribution is -2.42. The van der Waals surface area contributed by atoms with E-state index < -0.39 is 23.1 Å². The highest BCUT2D eigenvalue weighted by molar-refractivity contribution is 5.89. The second-order valence-electron chi connectivity index (χ2n) is 10.0. The van der Waals surface area contributed by atoms with Gasteiger partial charge in [0, 0.05) is 6.54 Å². The number of alkyl halides is 3. The summed E-state index contributed by atoms with van der Waals surface area (Å²) < 4.78 is 48.2. The second-order valence-corrected chi connectivity index (χ2v) is 10.0. The molecule has 0 bridgehead atoms. The van der Waals surface area contributed by atoms with E-state index in [1.54, 1.807) is 18.2 Å². The van der Waals surface area contributed by atoms with Gasteiger partial charge in [0.05, 0.1) is 12.5 Å². The first-order chi connectivity index (χ1) is 15.7. The number of carbonyl (C=O) groups is 1. The number of rotatable bonds is 6. The Balaban J connectivity index is 1.65. The number of piperidine rings is 1. The van der Waals surface area contributed by atoms with Gasteiger partial charge in [-0.2, -0.15) is 13.2 Å². The van der Waals surface area contributed by atoms with Gasteiger partial charge in [-0.05, 0) is 85.2 Å². The van der Waals surface area contributed by atoms with E-state index in [-0.39, 0.29) is 23.7 Å². The van der Waals surface area contributed by atoms with Crippen molar-refractivity contribution in [2.75, 3.05) is 13.1 Å². The van der Waals surface area contributed by atoms with Gasteiger partial charge in [0.15, 0.2) is 0 Å². The number of benzene rings is 2. The first kappa shape index (κ1) is 23.9. The largest absolute Gasteiger partial charge is 0.490 e. The van der Waals surface area contributed by atoms with Gasteiger partial charge in [-0.25, -0.2) is 0 Å². The highest BCUT2D eigenvalue weighted by Gasteiger charge is 2.38. The molecule has 7 heteroatoms. The Kier molecular flexibility index (Phi) is 6.89. The number of hydrogen-bond donors (Lipinski definition) is 2. The molecule has 4 rings (SSSR count). The van der Waals surface area contributed by atoms with Crippen molar-refractivity contribution in [3.63, 3.8) is 0 Å². The molecule has 0 unspecified atom stereocenters. The van der Waals surface area contributed by atoms with E-state index in [9.17, 15) is 23.1 Å². The maximum absolute atomic E-state index is 14.1. The van der Waals surface area contributed by atoms with Crippen LogP contribution in [0.25, 0.3) is 10.8 Å². The van der Waals surface area contributed by atoms with Crippen LogP contribution in [0.2, 0.25) is 0 Å². The molecule has 2 aliphatic rings. The molecule has 0 aromatic heterocycles. The first-order valence-electron chi connectivity index (χ1n) is 11.9. The molecule has 1 aliphatic carbocycles. The van der Waals surface area contributed by atoms with Gasteiger partial charge in [0.1, 0.15) is 11.3 Å². The lowest BCUT2D eigenvalue weighted by Gasteiger charge is -2.37. The molecule has 33 heavy (non-hydrogen) atoms. The number of aliphatic carboxylic acids is 1. The van der Waals surface area contributed by atoms with E-state index >= 15 is 0 Å². The van der Waals surface area contributed by atoms with Crippen LogP contribution < -0.4 is 10.1 Å². The molecule has 1 saturated carbocycles. The molecule has 2 aromatic rings. The monoisotopic (exact) mass is 463 g/mol. The van der Waals surface area contributed by atoms with Crippen molar-refractivity contribution in [1.29, 1.82) is 0 Å². The predicted molar refractivity (Wildman–Crippen MR) is 121 cm³/mol. The van der Waals surface area contributed by atoms with Crippen LogP contribution >= 0.6 is 0 Å². The summed E-state index contributed by atoms with van der Waals surface area (Å²) in [5.74, 6) is -0.357. The van der Waals surface area contributed by atoms with Gasteiger partial charge in [0.25, 0.3) is 0 Å². The molecular formula is C26H32F3NO3. The van der Waals surface area contributed by atoms with E-state index in [1.165, 1.54) is 12.1 Å². The maximum Gasteiger partial charge on any atom is 0.420 e. The molecule has 0 amide bonds. The van der Waals surface area contributed by atoms with E-state index in [0.717, 1.165) is 50.6 Å². The molecule has 1 heterocycles. The minimum atomic E-state index is -4.53. The van der Waals surface area contributed by atoms with Crippen molar-refractivity contribution in [3.05, 3.63) is 41.5 Å². The van der Waals surface area contributed by atoms with E-state index in [4.69, 9.17) is 4.74 Å². The van der Waals surface area contributed by atoms with Crippen molar-refractivity contribution in [1.82, 2.24) is 5.32 Å². The number of hydrogen-bond acceptors (Lipinski definition) is 3. The number of halogens is 3. The highest BCUT2D eigenvalue weighted by atomic mass is 19.4. The fourth-order valence-corrected chi connectivity index (χ4v) is 5.54. The Morgan fingerprint density at radius 2 is 1.94 bits per heavy atom. The van der Waals surface area contributed by atoms with Crippen molar-refractivity contribution < 1.29 is 27.8 Å². The molecular weight excluding hydrogens is 431 g/mol. The summed E-state index contributed by atoms with van der Waals surface area (Å²) in [7, 11) is 0. The summed E-state index contributed by atoms with van der Waals surface area (Å²) in [6, 6.07) is 8.14. The molecule has 0 spiro atoms. The molecule has 2 fully saturated rings. The van der Waals surface area contributed by atoms with Gasteiger partial charge in [-0.15, -0.1) is 0 Å². The second kappa shape index (κ2) is 9.53. The van der Waals surface area contributed by atoms with Gasteiger partial charge in [-0.3, -0.25) is 4.79 Å². The normalized spacial score (nSPS) is 26.3. The molecule has 1 saturated heterocycles. The van der Waals surface area contributed by atoms with Crippen LogP contribution in [-0.2, 0) is 17.4 Å². The van der Waals surface area contributed by atoms with Crippen LogP contribution in [0.1, 0.15) is 63.0 Å². The molecule has 1 aliphatic heterocycles. The SMILES string of the molecule is C[C@H]1CC[C@@H](Oc2ccc3cc(C[C@@]4(CC(=O)O)CCCNC4)ccc3c2C(F)(F)F)CC1. The maximum atomic E-state index is 14.1. The fraction of sp³-hybridized carbons (Fsp3) is 0.577. The van der Waals surface area contributed by atoms with Crippen molar-refractivity contribution in [2.45, 2.75) is 70.6 Å². The van der Waals surface area contributed by atoms with Crippen molar-refractivity contribution >= 4 is 16.7 Å². The number of carboxylic acids is 1. The zero-order chi connectivity index (χ0) is 23.6. The molecule has 4 nitrogen and oxygen atoms in total. The third-order valence-electron chi connectivity index (χ3n) is 7.25. The van der Waals surface area contributed by atoms with Crippen molar-refractivity contribution in [2.24, 2.45) is 11.3 Å². The summed E-state index contributed by atoms with van der Waals surface area (Å²) in [5, 5.41) is 13.3. The summed E-state index contributed by atoms with van der Waals surface area (Å²) in [6.07, 6.45) is 0.992. The van der Waals surface area contributed by atoms with E-state index in [1.807, 2.05) is 0 Å². The number of ether oxygens (including phenoxy) is 1. The van der Waals surface area contributed by atoms with Crippen LogP contribution in [-0.4, -0.2) is 30.3 Å². The lowest BCUT2D eigenvalue weighted by atomic mass is 9.73. The highest BCUT2D eigenvalue weighted by Crippen LogP contribution is 2.43.